The van der Waals surface area contributed by atoms with E-state index in [1.807, 2.05) is 0 Å². The third-order valence-corrected chi connectivity index (χ3v) is 3.94. The van der Waals surface area contributed by atoms with E-state index in [-0.39, 0.29) is 35.2 Å². The first-order valence-corrected chi connectivity index (χ1v) is 4.99. The summed E-state index contributed by atoms with van der Waals surface area (Å²) in [7, 11) is -2.85. The van der Waals surface area contributed by atoms with Crippen LogP contribution in [-0.2, 0) is 9.84 Å². The van der Waals surface area contributed by atoms with Crippen LogP contribution < -0.4 is 5.73 Å². The summed E-state index contributed by atoms with van der Waals surface area (Å²) in [5.74, 6) is 0.235. The SMILES string of the molecule is Cl.NC1CS(=O)(=O)CC1S. The van der Waals surface area contributed by atoms with Crippen molar-refractivity contribution in [1.82, 2.24) is 0 Å². The van der Waals surface area contributed by atoms with Gasteiger partial charge in [-0.2, -0.15) is 12.6 Å². The summed E-state index contributed by atoms with van der Waals surface area (Å²) < 4.78 is 21.4. The zero-order valence-corrected chi connectivity index (χ0v) is 7.75. The monoisotopic (exact) mass is 203 g/mol. The highest BCUT2D eigenvalue weighted by Crippen LogP contribution is 2.14. The third kappa shape index (κ3) is 2.30. The molecule has 0 aliphatic carbocycles. The molecule has 0 spiro atoms. The zero-order chi connectivity index (χ0) is 7.07. The second-order valence-corrected chi connectivity index (χ2v) is 5.13. The molecule has 2 N–H and O–H groups in total. The van der Waals surface area contributed by atoms with E-state index in [1.165, 1.54) is 0 Å². The van der Waals surface area contributed by atoms with Gasteiger partial charge in [0.1, 0.15) is 0 Å². The second-order valence-electron chi connectivity index (χ2n) is 2.31. The summed E-state index contributed by atoms with van der Waals surface area (Å²) in [6.07, 6.45) is 0. The summed E-state index contributed by atoms with van der Waals surface area (Å²) in [6.45, 7) is 0. The molecule has 1 heterocycles. The van der Waals surface area contributed by atoms with Crippen molar-refractivity contribution in [2.45, 2.75) is 11.3 Å². The van der Waals surface area contributed by atoms with Gasteiger partial charge in [-0.1, -0.05) is 0 Å². The summed E-state index contributed by atoms with van der Waals surface area (Å²) in [6, 6.07) is -0.265. The number of hydrogen-bond donors (Lipinski definition) is 2. The maximum atomic E-state index is 10.7. The molecular weight excluding hydrogens is 194 g/mol. The summed E-state index contributed by atoms with van der Waals surface area (Å²) in [5, 5.41) is -0.157. The van der Waals surface area contributed by atoms with Crippen LogP contribution in [0.15, 0.2) is 0 Å². The number of thiol groups is 1. The van der Waals surface area contributed by atoms with E-state index in [9.17, 15) is 8.42 Å². The number of halogens is 1. The summed E-state index contributed by atoms with van der Waals surface area (Å²) in [5.41, 5.74) is 5.40. The van der Waals surface area contributed by atoms with Crippen molar-refractivity contribution in [2.24, 2.45) is 5.73 Å². The van der Waals surface area contributed by atoms with Crippen LogP contribution in [0.3, 0.4) is 0 Å². The van der Waals surface area contributed by atoms with Crippen molar-refractivity contribution in [1.29, 1.82) is 0 Å². The zero-order valence-electron chi connectivity index (χ0n) is 5.23. The lowest BCUT2D eigenvalue weighted by Gasteiger charge is -2.02. The van der Waals surface area contributed by atoms with Crippen LogP contribution >= 0.6 is 25.0 Å². The Morgan fingerprint density at radius 2 is 1.90 bits per heavy atom. The molecule has 3 nitrogen and oxygen atoms in total. The molecule has 2 unspecified atom stereocenters. The van der Waals surface area contributed by atoms with Gasteiger partial charge in [-0.15, -0.1) is 12.4 Å². The van der Waals surface area contributed by atoms with E-state index in [0.29, 0.717) is 0 Å². The first kappa shape index (κ1) is 10.6. The number of hydrogen-bond acceptors (Lipinski definition) is 4. The predicted octanol–water partition coefficient (Wildman–Crippen LogP) is -0.538. The molecule has 0 aromatic heterocycles. The molecule has 0 radical (unpaired) electrons. The lowest BCUT2D eigenvalue weighted by molar-refractivity contribution is 0.601. The molecule has 6 heteroatoms. The number of nitrogens with two attached hydrogens (primary N) is 1. The standard InChI is InChI=1S/C4H9NO2S2.ClH/c5-3-1-9(6,7)2-4(3)8;/h3-4,8H,1-2,5H2;1H. The summed E-state index contributed by atoms with van der Waals surface area (Å²) >= 11 is 4.00. The van der Waals surface area contributed by atoms with Gasteiger partial charge in [0.15, 0.2) is 9.84 Å². The molecule has 10 heavy (non-hydrogen) atoms. The number of rotatable bonds is 0. The fourth-order valence-electron chi connectivity index (χ4n) is 0.856. The molecule has 62 valence electrons. The first-order chi connectivity index (χ1) is 4.01. The van der Waals surface area contributed by atoms with Gasteiger partial charge in [-0.05, 0) is 0 Å². The Kier molecular flexibility index (Phi) is 3.48. The van der Waals surface area contributed by atoms with E-state index in [2.05, 4.69) is 12.6 Å². The van der Waals surface area contributed by atoms with Crippen LogP contribution in [0.4, 0.5) is 0 Å². The van der Waals surface area contributed by atoms with Crippen LogP contribution in [0, 0.1) is 0 Å². The molecule has 0 aromatic rings. The molecule has 0 saturated carbocycles. The molecule has 1 saturated heterocycles. The predicted molar refractivity (Wildman–Crippen MR) is 46.7 cm³/mol. The van der Waals surface area contributed by atoms with Gasteiger partial charge >= 0.3 is 0 Å². The Bertz CT molecular complexity index is 187. The van der Waals surface area contributed by atoms with Gasteiger partial charge < -0.3 is 5.73 Å². The van der Waals surface area contributed by atoms with Crippen molar-refractivity contribution in [3.8, 4) is 0 Å². The van der Waals surface area contributed by atoms with Gasteiger partial charge in [0, 0.05) is 11.3 Å². The quantitative estimate of drug-likeness (QED) is 0.520. The highest BCUT2D eigenvalue weighted by Gasteiger charge is 2.32. The summed E-state index contributed by atoms with van der Waals surface area (Å²) in [4.78, 5) is 0. The molecule has 1 aliphatic heterocycles. The van der Waals surface area contributed by atoms with Gasteiger partial charge in [0.2, 0.25) is 0 Å². The highest BCUT2D eigenvalue weighted by atomic mass is 35.5. The third-order valence-electron chi connectivity index (χ3n) is 1.37. The van der Waals surface area contributed by atoms with Crippen LogP contribution in [0.5, 0.6) is 0 Å². The Labute approximate surface area is 72.1 Å². The van der Waals surface area contributed by atoms with Gasteiger partial charge in [-0.25, -0.2) is 8.42 Å². The number of sulfone groups is 1. The van der Waals surface area contributed by atoms with E-state index in [1.54, 1.807) is 0 Å². The molecule has 1 aliphatic rings. The topological polar surface area (TPSA) is 60.2 Å². The van der Waals surface area contributed by atoms with Crippen molar-refractivity contribution in [2.75, 3.05) is 11.5 Å². The average Bonchev–Trinajstić information content (AvgIpc) is 1.79. The molecule has 0 aromatic carbocycles. The lowest BCUT2D eigenvalue weighted by atomic mass is 10.3. The van der Waals surface area contributed by atoms with Gasteiger partial charge in [-0.3, -0.25) is 0 Å². The minimum absolute atomic E-state index is 0. The Morgan fingerprint density at radius 1 is 1.40 bits per heavy atom. The Hall–Kier alpha value is 0.550. The minimum Gasteiger partial charge on any atom is -0.326 e. The van der Waals surface area contributed by atoms with Crippen molar-refractivity contribution >= 4 is 34.9 Å². The Morgan fingerprint density at radius 3 is 2.00 bits per heavy atom. The van der Waals surface area contributed by atoms with Crippen molar-refractivity contribution < 1.29 is 8.42 Å². The fraction of sp³-hybridized carbons (Fsp3) is 1.00. The first-order valence-electron chi connectivity index (χ1n) is 2.65. The van der Waals surface area contributed by atoms with Gasteiger partial charge in [0.25, 0.3) is 0 Å². The van der Waals surface area contributed by atoms with Crippen LogP contribution in [0.2, 0.25) is 0 Å². The van der Waals surface area contributed by atoms with Gasteiger partial charge in [0.05, 0.1) is 11.5 Å². The normalized spacial score (nSPS) is 37.0. The molecule has 2 atom stereocenters. The maximum absolute atomic E-state index is 10.7. The van der Waals surface area contributed by atoms with Crippen molar-refractivity contribution in [3.05, 3.63) is 0 Å². The van der Waals surface area contributed by atoms with Crippen molar-refractivity contribution in [3.63, 3.8) is 0 Å². The van der Waals surface area contributed by atoms with E-state index in [0.717, 1.165) is 0 Å². The smallest absolute Gasteiger partial charge is 0.153 e. The minimum atomic E-state index is -2.85. The average molecular weight is 204 g/mol. The fourth-order valence-corrected chi connectivity index (χ4v) is 3.51. The van der Waals surface area contributed by atoms with E-state index < -0.39 is 9.84 Å². The maximum Gasteiger partial charge on any atom is 0.153 e. The van der Waals surface area contributed by atoms with Crippen LogP contribution in [0.1, 0.15) is 0 Å². The molecule has 1 rings (SSSR count). The molecule has 0 bridgehead atoms. The Balaban J connectivity index is 0.000000810. The molecule has 0 amide bonds. The lowest BCUT2D eigenvalue weighted by Crippen LogP contribution is -2.28. The highest BCUT2D eigenvalue weighted by molar-refractivity contribution is 7.93. The largest absolute Gasteiger partial charge is 0.326 e. The van der Waals surface area contributed by atoms with Crippen LogP contribution in [0.25, 0.3) is 0 Å². The van der Waals surface area contributed by atoms with Crippen LogP contribution in [-0.4, -0.2) is 31.2 Å². The molecular formula is C4H10ClNO2S2. The molecule has 1 fully saturated rings. The van der Waals surface area contributed by atoms with E-state index >= 15 is 0 Å². The second kappa shape index (κ2) is 3.30. The van der Waals surface area contributed by atoms with E-state index in [4.69, 9.17) is 5.73 Å².